The fourth-order valence-electron chi connectivity index (χ4n) is 1.77. The van der Waals surface area contributed by atoms with Gasteiger partial charge in [0.1, 0.15) is 5.82 Å². The number of pyridine rings is 1. The zero-order chi connectivity index (χ0) is 11.5. The Bertz CT molecular complexity index is 373. The van der Waals surface area contributed by atoms with E-state index in [0.29, 0.717) is 6.04 Å². The summed E-state index contributed by atoms with van der Waals surface area (Å²) in [6.07, 6.45) is 1.87. The van der Waals surface area contributed by atoms with E-state index >= 15 is 0 Å². The van der Waals surface area contributed by atoms with Gasteiger partial charge in [0, 0.05) is 22.5 Å². The Labute approximate surface area is 112 Å². The number of nitrogens with zero attached hydrogens (tertiary/aromatic N) is 2. The van der Waals surface area contributed by atoms with Crippen molar-refractivity contribution in [2.45, 2.75) is 13.0 Å². The third kappa shape index (κ3) is 2.57. The van der Waals surface area contributed by atoms with Gasteiger partial charge in [0.15, 0.2) is 0 Å². The molecule has 0 amide bonds. The molecule has 0 N–H and O–H groups in total. The summed E-state index contributed by atoms with van der Waals surface area (Å²) in [5.41, 5.74) is 1.21. The third-order valence-corrected chi connectivity index (χ3v) is 4.31. The molecule has 5 heteroatoms. The lowest BCUT2D eigenvalue weighted by Crippen LogP contribution is -2.47. The standard InChI is InChI=1S/C11H14Br2N2O/c1-8-4-11(14-6-10(8)13)15-2-3-16-7-9(15)5-12/h4,6,9H,2-3,5,7H2,1H3. The molecule has 16 heavy (non-hydrogen) atoms. The molecule has 0 aliphatic carbocycles. The van der Waals surface area contributed by atoms with E-state index in [9.17, 15) is 0 Å². The summed E-state index contributed by atoms with van der Waals surface area (Å²) in [6, 6.07) is 2.49. The third-order valence-electron chi connectivity index (χ3n) is 2.73. The first-order chi connectivity index (χ1) is 7.72. The molecule has 0 aromatic carbocycles. The van der Waals surface area contributed by atoms with E-state index in [1.807, 2.05) is 6.20 Å². The highest BCUT2D eigenvalue weighted by molar-refractivity contribution is 9.10. The molecule has 88 valence electrons. The van der Waals surface area contributed by atoms with Crippen LogP contribution in [0, 0.1) is 6.92 Å². The predicted octanol–water partition coefficient (Wildman–Crippen LogP) is 2.75. The highest BCUT2D eigenvalue weighted by Crippen LogP contribution is 2.23. The highest BCUT2D eigenvalue weighted by Gasteiger charge is 2.23. The van der Waals surface area contributed by atoms with Gasteiger partial charge in [-0.3, -0.25) is 0 Å². The lowest BCUT2D eigenvalue weighted by molar-refractivity contribution is 0.1000. The van der Waals surface area contributed by atoms with E-state index in [1.54, 1.807) is 0 Å². The van der Waals surface area contributed by atoms with E-state index < -0.39 is 0 Å². The lowest BCUT2D eigenvalue weighted by atomic mass is 10.2. The Balaban J connectivity index is 2.23. The van der Waals surface area contributed by atoms with Gasteiger partial charge in [-0.25, -0.2) is 4.98 Å². The number of morpholine rings is 1. The molecule has 1 aromatic heterocycles. The van der Waals surface area contributed by atoms with Crippen molar-refractivity contribution in [3.8, 4) is 0 Å². The molecule has 1 fully saturated rings. The van der Waals surface area contributed by atoms with Crippen LogP contribution in [0.2, 0.25) is 0 Å². The van der Waals surface area contributed by atoms with Crippen molar-refractivity contribution >= 4 is 37.7 Å². The molecule has 3 nitrogen and oxygen atoms in total. The van der Waals surface area contributed by atoms with Crippen molar-refractivity contribution in [1.82, 2.24) is 4.98 Å². The molecular formula is C11H14Br2N2O. The summed E-state index contributed by atoms with van der Waals surface area (Å²) in [5.74, 6) is 1.04. The smallest absolute Gasteiger partial charge is 0.129 e. The SMILES string of the molecule is Cc1cc(N2CCOCC2CBr)ncc1Br. The van der Waals surface area contributed by atoms with Crippen molar-refractivity contribution in [3.05, 3.63) is 22.3 Å². The highest BCUT2D eigenvalue weighted by atomic mass is 79.9. The van der Waals surface area contributed by atoms with Gasteiger partial charge < -0.3 is 9.64 Å². The molecule has 1 aliphatic rings. The number of alkyl halides is 1. The second-order valence-electron chi connectivity index (χ2n) is 3.87. The van der Waals surface area contributed by atoms with Crippen molar-refractivity contribution < 1.29 is 4.74 Å². The summed E-state index contributed by atoms with van der Waals surface area (Å²) in [6.45, 7) is 4.53. The van der Waals surface area contributed by atoms with Gasteiger partial charge in [0.25, 0.3) is 0 Å². The number of aromatic nitrogens is 1. The summed E-state index contributed by atoms with van der Waals surface area (Å²) >= 11 is 6.99. The van der Waals surface area contributed by atoms with Crippen molar-refractivity contribution in [3.63, 3.8) is 0 Å². The maximum absolute atomic E-state index is 5.47. The van der Waals surface area contributed by atoms with Gasteiger partial charge in [-0.1, -0.05) is 15.9 Å². The van der Waals surface area contributed by atoms with Crippen molar-refractivity contribution in [2.24, 2.45) is 0 Å². The van der Waals surface area contributed by atoms with E-state index in [1.165, 1.54) is 5.56 Å². The number of rotatable bonds is 2. The fraction of sp³-hybridized carbons (Fsp3) is 0.545. The lowest BCUT2D eigenvalue weighted by Gasteiger charge is -2.35. The normalized spacial score (nSPS) is 21.2. The Kier molecular flexibility index (Phi) is 4.21. The number of hydrogen-bond acceptors (Lipinski definition) is 3. The first-order valence-corrected chi connectivity index (χ1v) is 7.16. The van der Waals surface area contributed by atoms with E-state index in [4.69, 9.17) is 4.74 Å². The molecule has 0 bridgehead atoms. The van der Waals surface area contributed by atoms with Gasteiger partial charge in [-0.2, -0.15) is 0 Å². The molecule has 2 heterocycles. The van der Waals surface area contributed by atoms with Gasteiger partial charge >= 0.3 is 0 Å². The van der Waals surface area contributed by atoms with Crippen LogP contribution in [-0.4, -0.2) is 36.1 Å². The van der Waals surface area contributed by atoms with Crippen LogP contribution in [0.1, 0.15) is 5.56 Å². The molecule has 2 rings (SSSR count). The Hall–Kier alpha value is -0.130. The Morgan fingerprint density at radius 2 is 2.44 bits per heavy atom. The van der Waals surface area contributed by atoms with Crippen LogP contribution in [0.25, 0.3) is 0 Å². The number of halogens is 2. The van der Waals surface area contributed by atoms with Gasteiger partial charge in [0.05, 0.1) is 19.3 Å². The molecule has 0 saturated carbocycles. The fourth-order valence-corrected chi connectivity index (χ4v) is 2.52. The topological polar surface area (TPSA) is 25.4 Å². The largest absolute Gasteiger partial charge is 0.377 e. The van der Waals surface area contributed by atoms with Gasteiger partial charge in [-0.15, -0.1) is 0 Å². The second kappa shape index (κ2) is 5.47. The molecule has 0 spiro atoms. The minimum atomic E-state index is 0.377. The molecule has 1 aliphatic heterocycles. The van der Waals surface area contributed by atoms with E-state index in [0.717, 1.165) is 35.4 Å². The molecule has 1 aromatic rings. The average molecular weight is 350 g/mol. The number of ether oxygens (including phenoxy) is 1. The van der Waals surface area contributed by atoms with Crippen LogP contribution in [0.15, 0.2) is 16.7 Å². The molecular weight excluding hydrogens is 336 g/mol. The molecule has 1 unspecified atom stereocenters. The summed E-state index contributed by atoms with van der Waals surface area (Å²) in [5, 5.41) is 0.907. The van der Waals surface area contributed by atoms with Crippen LogP contribution in [0.3, 0.4) is 0 Å². The number of aryl methyl sites for hydroxylation is 1. The van der Waals surface area contributed by atoms with Crippen LogP contribution in [0.5, 0.6) is 0 Å². The van der Waals surface area contributed by atoms with Crippen molar-refractivity contribution in [1.29, 1.82) is 0 Å². The predicted molar refractivity (Wildman–Crippen MR) is 72.4 cm³/mol. The summed E-state index contributed by atoms with van der Waals surface area (Å²) < 4.78 is 6.53. The van der Waals surface area contributed by atoms with Crippen LogP contribution >= 0.6 is 31.9 Å². The van der Waals surface area contributed by atoms with Crippen LogP contribution < -0.4 is 4.90 Å². The van der Waals surface area contributed by atoms with E-state index in [-0.39, 0.29) is 0 Å². The average Bonchev–Trinajstić information content (AvgIpc) is 2.32. The first kappa shape index (κ1) is 12.3. The minimum Gasteiger partial charge on any atom is -0.377 e. The quantitative estimate of drug-likeness (QED) is 0.767. The Morgan fingerprint density at radius 1 is 1.62 bits per heavy atom. The zero-order valence-electron chi connectivity index (χ0n) is 9.12. The van der Waals surface area contributed by atoms with Crippen LogP contribution in [-0.2, 0) is 4.74 Å². The summed E-state index contributed by atoms with van der Waals surface area (Å²) in [7, 11) is 0. The number of anilines is 1. The maximum atomic E-state index is 5.47. The molecule has 0 radical (unpaired) electrons. The molecule has 1 atom stereocenters. The summed E-state index contributed by atoms with van der Waals surface area (Å²) in [4.78, 5) is 6.77. The zero-order valence-corrected chi connectivity index (χ0v) is 12.3. The van der Waals surface area contributed by atoms with Gasteiger partial charge in [-0.05, 0) is 34.5 Å². The minimum absolute atomic E-state index is 0.377. The van der Waals surface area contributed by atoms with Crippen LogP contribution in [0.4, 0.5) is 5.82 Å². The molecule has 1 saturated heterocycles. The van der Waals surface area contributed by atoms with Crippen molar-refractivity contribution in [2.75, 3.05) is 30.0 Å². The van der Waals surface area contributed by atoms with E-state index in [2.05, 4.69) is 54.7 Å². The maximum Gasteiger partial charge on any atom is 0.129 e. The monoisotopic (exact) mass is 348 g/mol. The Morgan fingerprint density at radius 3 is 3.12 bits per heavy atom. The number of hydrogen-bond donors (Lipinski definition) is 0. The van der Waals surface area contributed by atoms with Gasteiger partial charge in [0.2, 0.25) is 0 Å². The second-order valence-corrected chi connectivity index (χ2v) is 5.37. The first-order valence-electron chi connectivity index (χ1n) is 5.25.